The van der Waals surface area contributed by atoms with Gasteiger partial charge in [0.15, 0.2) is 5.13 Å². The third-order valence-corrected chi connectivity index (χ3v) is 3.99. The number of aromatic nitrogens is 1. The molecule has 0 saturated carbocycles. The summed E-state index contributed by atoms with van der Waals surface area (Å²) in [5, 5.41) is 5.74. The number of ether oxygens (including phenoxy) is 1. The average Bonchev–Trinajstić information content (AvgIpc) is 2.75. The summed E-state index contributed by atoms with van der Waals surface area (Å²) in [4.78, 5) is 18.1. The van der Waals surface area contributed by atoms with Crippen molar-refractivity contribution in [3.05, 3.63) is 9.98 Å². The highest BCUT2D eigenvalue weighted by Gasteiger charge is 2.22. The molecule has 1 atom stereocenters. The minimum Gasteiger partial charge on any atom is -0.378 e. The number of morpholine rings is 1. The van der Waals surface area contributed by atoms with Crippen LogP contribution in [0.3, 0.4) is 0 Å². The van der Waals surface area contributed by atoms with E-state index in [1.807, 2.05) is 17.2 Å². The van der Waals surface area contributed by atoms with Crippen LogP contribution in [0, 0.1) is 0 Å². The molecule has 2 heterocycles. The molecule has 1 N–H and O–H groups in total. The summed E-state index contributed by atoms with van der Waals surface area (Å²) in [6, 6.07) is -0.258. The fourth-order valence-electron chi connectivity index (χ4n) is 1.62. The Morgan fingerprint density at radius 2 is 2.35 bits per heavy atom. The van der Waals surface area contributed by atoms with E-state index in [-0.39, 0.29) is 11.9 Å². The maximum absolute atomic E-state index is 12.1. The lowest BCUT2D eigenvalue weighted by molar-refractivity contribution is -0.135. The number of nitrogens with zero attached hydrogens (tertiary/aromatic N) is 2. The van der Waals surface area contributed by atoms with E-state index in [9.17, 15) is 4.79 Å². The van der Waals surface area contributed by atoms with Gasteiger partial charge < -0.3 is 15.0 Å². The second-order valence-electron chi connectivity index (χ2n) is 3.78. The first-order valence-corrected chi connectivity index (χ1v) is 7.08. The molecular formula is C10H14BrN3O2S. The molecular weight excluding hydrogens is 306 g/mol. The van der Waals surface area contributed by atoms with Gasteiger partial charge in [0.05, 0.1) is 13.2 Å². The highest BCUT2D eigenvalue weighted by Crippen LogP contribution is 2.20. The molecule has 0 aromatic carbocycles. The van der Waals surface area contributed by atoms with Gasteiger partial charge in [-0.1, -0.05) is 0 Å². The highest BCUT2D eigenvalue weighted by molar-refractivity contribution is 9.10. The molecule has 0 bridgehead atoms. The molecule has 1 fully saturated rings. The Bertz CT molecular complexity index is 393. The zero-order valence-corrected chi connectivity index (χ0v) is 11.9. The fourth-order valence-corrected chi connectivity index (χ4v) is 2.86. The normalized spacial score (nSPS) is 17.9. The monoisotopic (exact) mass is 319 g/mol. The van der Waals surface area contributed by atoms with Gasteiger partial charge in [-0.05, 0) is 22.9 Å². The molecule has 2 rings (SSSR count). The van der Waals surface area contributed by atoms with E-state index in [2.05, 4.69) is 26.2 Å². The standard InChI is InChI=1S/C10H14BrN3O2S/c1-7(12-10-13-8(11)6-17-10)9(15)14-2-4-16-5-3-14/h6-7H,2-5H2,1H3,(H,12,13). The fraction of sp³-hybridized carbons (Fsp3) is 0.600. The molecule has 1 amide bonds. The Morgan fingerprint density at radius 1 is 1.65 bits per heavy atom. The van der Waals surface area contributed by atoms with Gasteiger partial charge in [0.1, 0.15) is 10.6 Å². The van der Waals surface area contributed by atoms with E-state index in [0.717, 1.165) is 9.73 Å². The molecule has 5 nitrogen and oxygen atoms in total. The second-order valence-corrected chi connectivity index (χ2v) is 5.45. The number of rotatable bonds is 3. The van der Waals surface area contributed by atoms with Crippen LogP contribution in [0.5, 0.6) is 0 Å². The summed E-state index contributed by atoms with van der Waals surface area (Å²) in [6.45, 7) is 4.45. The predicted molar refractivity (Wildman–Crippen MR) is 70.3 cm³/mol. The van der Waals surface area contributed by atoms with Crippen molar-refractivity contribution in [2.45, 2.75) is 13.0 Å². The Labute approximate surface area is 112 Å². The summed E-state index contributed by atoms with van der Waals surface area (Å²) >= 11 is 4.76. The molecule has 0 radical (unpaired) electrons. The van der Waals surface area contributed by atoms with Crippen molar-refractivity contribution < 1.29 is 9.53 Å². The molecule has 1 unspecified atom stereocenters. The van der Waals surface area contributed by atoms with E-state index < -0.39 is 0 Å². The summed E-state index contributed by atoms with van der Waals surface area (Å²) in [6.07, 6.45) is 0. The number of hydrogen-bond donors (Lipinski definition) is 1. The molecule has 94 valence electrons. The topological polar surface area (TPSA) is 54.5 Å². The van der Waals surface area contributed by atoms with Crippen LogP contribution < -0.4 is 5.32 Å². The minimum atomic E-state index is -0.258. The lowest BCUT2D eigenvalue weighted by Gasteiger charge is -2.29. The first-order valence-electron chi connectivity index (χ1n) is 5.41. The zero-order valence-electron chi connectivity index (χ0n) is 9.48. The number of carbonyl (C=O) groups excluding carboxylic acids is 1. The summed E-state index contributed by atoms with van der Waals surface area (Å²) in [5.41, 5.74) is 0. The van der Waals surface area contributed by atoms with Crippen LogP contribution in [-0.4, -0.2) is 48.1 Å². The molecule has 0 aliphatic carbocycles. The van der Waals surface area contributed by atoms with Gasteiger partial charge in [-0.25, -0.2) is 4.98 Å². The lowest BCUT2D eigenvalue weighted by atomic mass is 10.2. The van der Waals surface area contributed by atoms with Gasteiger partial charge in [0.25, 0.3) is 0 Å². The maximum Gasteiger partial charge on any atom is 0.244 e. The molecule has 0 spiro atoms. The van der Waals surface area contributed by atoms with Crippen LogP contribution >= 0.6 is 27.3 Å². The smallest absolute Gasteiger partial charge is 0.244 e. The number of carbonyl (C=O) groups is 1. The van der Waals surface area contributed by atoms with Gasteiger partial charge in [-0.2, -0.15) is 0 Å². The molecule has 1 aliphatic rings. The summed E-state index contributed by atoms with van der Waals surface area (Å²) < 4.78 is 6.01. The van der Waals surface area contributed by atoms with Gasteiger partial charge in [-0.3, -0.25) is 4.79 Å². The van der Waals surface area contributed by atoms with Crippen molar-refractivity contribution in [2.24, 2.45) is 0 Å². The van der Waals surface area contributed by atoms with Crippen LogP contribution in [0.2, 0.25) is 0 Å². The van der Waals surface area contributed by atoms with Crippen molar-refractivity contribution in [2.75, 3.05) is 31.6 Å². The predicted octanol–water partition coefficient (Wildman–Crippen LogP) is 1.56. The molecule has 1 aliphatic heterocycles. The third kappa shape index (κ3) is 3.40. The average molecular weight is 320 g/mol. The van der Waals surface area contributed by atoms with E-state index in [1.54, 1.807) is 0 Å². The van der Waals surface area contributed by atoms with E-state index >= 15 is 0 Å². The van der Waals surface area contributed by atoms with Gasteiger partial charge in [0, 0.05) is 18.5 Å². The van der Waals surface area contributed by atoms with E-state index in [1.165, 1.54) is 11.3 Å². The highest BCUT2D eigenvalue weighted by atomic mass is 79.9. The summed E-state index contributed by atoms with van der Waals surface area (Å²) in [7, 11) is 0. The van der Waals surface area contributed by atoms with Gasteiger partial charge in [-0.15, -0.1) is 11.3 Å². The van der Waals surface area contributed by atoms with Crippen LogP contribution in [0.15, 0.2) is 9.98 Å². The molecule has 1 aromatic heterocycles. The molecule has 1 aromatic rings. The Balaban J connectivity index is 1.90. The van der Waals surface area contributed by atoms with Crippen molar-refractivity contribution in [1.82, 2.24) is 9.88 Å². The van der Waals surface area contributed by atoms with Crippen LogP contribution in [0.25, 0.3) is 0 Å². The Hall–Kier alpha value is -0.660. The van der Waals surface area contributed by atoms with Crippen molar-refractivity contribution in [1.29, 1.82) is 0 Å². The van der Waals surface area contributed by atoms with Crippen LogP contribution in [0.1, 0.15) is 6.92 Å². The lowest BCUT2D eigenvalue weighted by Crippen LogP contribution is -2.46. The zero-order chi connectivity index (χ0) is 12.3. The van der Waals surface area contributed by atoms with Crippen molar-refractivity contribution >= 4 is 38.3 Å². The Kier molecular flexibility index (Phi) is 4.36. The third-order valence-electron chi connectivity index (χ3n) is 2.51. The van der Waals surface area contributed by atoms with Crippen LogP contribution in [-0.2, 0) is 9.53 Å². The number of thiazole rings is 1. The SMILES string of the molecule is CC(Nc1nc(Br)cs1)C(=O)N1CCOCC1. The van der Waals surface area contributed by atoms with Gasteiger partial charge >= 0.3 is 0 Å². The van der Waals surface area contributed by atoms with Gasteiger partial charge in [0.2, 0.25) is 5.91 Å². The number of halogens is 1. The maximum atomic E-state index is 12.1. The summed E-state index contributed by atoms with van der Waals surface area (Å²) in [5.74, 6) is 0.0969. The number of anilines is 1. The van der Waals surface area contributed by atoms with Crippen molar-refractivity contribution in [3.63, 3.8) is 0 Å². The number of hydrogen-bond acceptors (Lipinski definition) is 5. The van der Waals surface area contributed by atoms with E-state index in [4.69, 9.17) is 4.74 Å². The van der Waals surface area contributed by atoms with Crippen LogP contribution in [0.4, 0.5) is 5.13 Å². The largest absolute Gasteiger partial charge is 0.378 e. The molecule has 17 heavy (non-hydrogen) atoms. The second kappa shape index (κ2) is 5.79. The van der Waals surface area contributed by atoms with Crippen molar-refractivity contribution in [3.8, 4) is 0 Å². The number of nitrogens with one attached hydrogen (secondary N) is 1. The Morgan fingerprint density at radius 3 is 2.94 bits per heavy atom. The molecule has 7 heteroatoms. The van der Waals surface area contributed by atoms with E-state index in [0.29, 0.717) is 26.3 Å². The minimum absolute atomic E-state index is 0.0969. The number of amides is 1. The quantitative estimate of drug-likeness (QED) is 0.918. The molecule has 1 saturated heterocycles. The first-order chi connectivity index (χ1) is 8.16. The first kappa shape index (κ1) is 12.8.